The number of aryl methyl sites for hydroxylation is 1. The van der Waals surface area contributed by atoms with Crippen molar-refractivity contribution >= 4 is 5.78 Å². The summed E-state index contributed by atoms with van der Waals surface area (Å²) in [5, 5.41) is 3.93. The van der Waals surface area contributed by atoms with E-state index in [-0.39, 0.29) is 11.7 Å². The van der Waals surface area contributed by atoms with Gasteiger partial charge in [0.05, 0.1) is 18.4 Å². The van der Waals surface area contributed by atoms with Crippen molar-refractivity contribution in [2.24, 2.45) is 7.05 Å². The Morgan fingerprint density at radius 3 is 3.06 bits per heavy atom. The quantitative estimate of drug-likeness (QED) is 0.806. The summed E-state index contributed by atoms with van der Waals surface area (Å²) in [5.74, 6) is 0.925. The highest BCUT2D eigenvalue weighted by Gasteiger charge is 2.29. The van der Waals surface area contributed by atoms with Gasteiger partial charge in [-0.2, -0.15) is 4.98 Å². The third kappa shape index (κ3) is 1.83. The SMILES string of the molecule is Cn1cncc1-c1noc(C2CCCCC2=O)n1. The number of rotatable bonds is 2. The van der Waals surface area contributed by atoms with Gasteiger partial charge in [0, 0.05) is 13.5 Å². The first-order chi connectivity index (χ1) is 8.75. The second-order valence-electron chi connectivity index (χ2n) is 4.61. The average molecular weight is 246 g/mol. The molecule has 1 atom stereocenters. The summed E-state index contributed by atoms with van der Waals surface area (Å²) in [4.78, 5) is 20.1. The molecule has 6 nitrogen and oxygen atoms in total. The van der Waals surface area contributed by atoms with E-state index in [2.05, 4.69) is 15.1 Å². The Kier molecular flexibility index (Phi) is 2.70. The normalized spacial score (nSPS) is 20.3. The summed E-state index contributed by atoms with van der Waals surface area (Å²) in [7, 11) is 1.87. The van der Waals surface area contributed by atoms with Gasteiger partial charge in [-0.25, -0.2) is 4.98 Å². The number of imidazole rings is 1. The molecule has 6 heteroatoms. The van der Waals surface area contributed by atoms with Gasteiger partial charge in [-0.15, -0.1) is 0 Å². The van der Waals surface area contributed by atoms with Gasteiger partial charge in [-0.05, 0) is 12.8 Å². The summed E-state index contributed by atoms with van der Waals surface area (Å²) < 4.78 is 7.05. The Hall–Kier alpha value is -1.98. The van der Waals surface area contributed by atoms with Gasteiger partial charge in [0.2, 0.25) is 11.7 Å². The molecule has 0 spiro atoms. The molecular formula is C12H14N4O2. The summed E-state index contributed by atoms with van der Waals surface area (Å²) in [5.41, 5.74) is 0.785. The van der Waals surface area contributed by atoms with Crippen LogP contribution in [0.5, 0.6) is 0 Å². The largest absolute Gasteiger partial charge is 0.338 e. The summed E-state index contributed by atoms with van der Waals surface area (Å²) in [6.07, 6.45) is 6.80. The first kappa shape index (κ1) is 11.1. The van der Waals surface area contributed by atoms with E-state index >= 15 is 0 Å². The fourth-order valence-corrected chi connectivity index (χ4v) is 2.30. The van der Waals surface area contributed by atoms with Crippen LogP contribution in [0.15, 0.2) is 17.0 Å². The Balaban J connectivity index is 1.89. The van der Waals surface area contributed by atoms with E-state index in [1.54, 1.807) is 12.5 Å². The zero-order chi connectivity index (χ0) is 12.5. The number of carbonyl (C=O) groups is 1. The number of nitrogens with zero attached hydrogens (tertiary/aromatic N) is 4. The molecule has 0 amide bonds. The molecule has 1 fully saturated rings. The fourth-order valence-electron chi connectivity index (χ4n) is 2.30. The van der Waals surface area contributed by atoms with Gasteiger partial charge in [0.1, 0.15) is 11.5 Å². The third-order valence-corrected chi connectivity index (χ3v) is 3.34. The highest BCUT2D eigenvalue weighted by Crippen LogP contribution is 2.29. The van der Waals surface area contributed by atoms with Crippen LogP contribution in [-0.2, 0) is 11.8 Å². The van der Waals surface area contributed by atoms with E-state index in [4.69, 9.17) is 4.52 Å². The van der Waals surface area contributed by atoms with Crippen LogP contribution in [0.25, 0.3) is 11.5 Å². The van der Waals surface area contributed by atoms with Crippen LogP contribution in [0.2, 0.25) is 0 Å². The molecule has 2 aromatic rings. The number of aromatic nitrogens is 4. The fraction of sp³-hybridized carbons (Fsp3) is 0.500. The lowest BCUT2D eigenvalue weighted by molar-refractivity contribution is -0.122. The Labute approximate surface area is 104 Å². The minimum atomic E-state index is -0.215. The maximum absolute atomic E-state index is 11.8. The van der Waals surface area contributed by atoms with Crippen LogP contribution in [0.4, 0.5) is 0 Å². The van der Waals surface area contributed by atoms with Gasteiger partial charge < -0.3 is 9.09 Å². The Morgan fingerprint density at radius 1 is 1.44 bits per heavy atom. The predicted molar refractivity (Wildman–Crippen MR) is 62.7 cm³/mol. The van der Waals surface area contributed by atoms with Crippen molar-refractivity contribution in [3.05, 3.63) is 18.4 Å². The van der Waals surface area contributed by atoms with Crippen molar-refractivity contribution in [2.75, 3.05) is 0 Å². The highest BCUT2D eigenvalue weighted by molar-refractivity contribution is 5.85. The molecule has 1 unspecified atom stereocenters. The molecule has 0 aliphatic heterocycles. The van der Waals surface area contributed by atoms with E-state index in [1.807, 2.05) is 11.6 Å². The second kappa shape index (κ2) is 4.36. The minimum absolute atomic E-state index is 0.210. The number of Topliss-reactive ketones (excluding diaryl/α,β-unsaturated/α-hetero) is 1. The standard InChI is InChI=1S/C12H14N4O2/c1-16-7-13-6-9(16)11-14-12(18-15-11)8-4-2-3-5-10(8)17/h6-8H,2-5H2,1H3. The second-order valence-corrected chi connectivity index (χ2v) is 4.61. The van der Waals surface area contributed by atoms with E-state index in [9.17, 15) is 4.79 Å². The van der Waals surface area contributed by atoms with Crippen LogP contribution >= 0.6 is 0 Å². The molecule has 0 saturated heterocycles. The molecule has 0 aromatic carbocycles. The van der Waals surface area contributed by atoms with Crippen molar-refractivity contribution in [2.45, 2.75) is 31.6 Å². The average Bonchev–Trinajstić information content (AvgIpc) is 2.98. The maximum atomic E-state index is 11.8. The monoisotopic (exact) mass is 246 g/mol. The van der Waals surface area contributed by atoms with Crippen molar-refractivity contribution in [3.63, 3.8) is 0 Å². The predicted octanol–water partition coefficient (Wildman–Crippen LogP) is 1.70. The van der Waals surface area contributed by atoms with E-state index < -0.39 is 0 Å². The molecule has 0 radical (unpaired) electrons. The molecule has 3 rings (SSSR count). The lowest BCUT2D eigenvalue weighted by Crippen LogP contribution is -2.17. The van der Waals surface area contributed by atoms with Crippen LogP contribution < -0.4 is 0 Å². The van der Waals surface area contributed by atoms with E-state index in [0.717, 1.165) is 25.0 Å². The van der Waals surface area contributed by atoms with Crippen LogP contribution in [0.1, 0.15) is 37.5 Å². The zero-order valence-electron chi connectivity index (χ0n) is 10.2. The highest BCUT2D eigenvalue weighted by atomic mass is 16.5. The lowest BCUT2D eigenvalue weighted by atomic mass is 9.88. The van der Waals surface area contributed by atoms with E-state index in [0.29, 0.717) is 18.1 Å². The minimum Gasteiger partial charge on any atom is -0.338 e. The molecule has 0 N–H and O–H groups in total. The summed E-state index contributed by atoms with van der Waals surface area (Å²) in [6, 6.07) is 0. The molecule has 94 valence electrons. The molecule has 18 heavy (non-hydrogen) atoms. The van der Waals surface area contributed by atoms with Crippen molar-refractivity contribution in [1.82, 2.24) is 19.7 Å². The number of hydrogen-bond acceptors (Lipinski definition) is 5. The molecule has 2 heterocycles. The third-order valence-electron chi connectivity index (χ3n) is 3.34. The topological polar surface area (TPSA) is 73.8 Å². The smallest absolute Gasteiger partial charge is 0.237 e. The van der Waals surface area contributed by atoms with Gasteiger partial charge in [0.15, 0.2) is 0 Å². The molecular weight excluding hydrogens is 232 g/mol. The maximum Gasteiger partial charge on any atom is 0.237 e. The van der Waals surface area contributed by atoms with Gasteiger partial charge in [0.25, 0.3) is 0 Å². The lowest BCUT2D eigenvalue weighted by Gasteiger charge is -2.16. The Bertz CT molecular complexity index is 572. The number of carbonyl (C=O) groups excluding carboxylic acids is 1. The Morgan fingerprint density at radius 2 is 2.33 bits per heavy atom. The van der Waals surface area contributed by atoms with E-state index in [1.165, 1.54) is 0 Å². The first-order valence-electron chi connectivity index (χ1n) is 6.08. The molecule has 1 saturated carbocycles. The number of ketones is 1. The van der Waals surface area contributed by atoms with Crippen molar-refractivity contribution < 1.29 is 9.32 Å². The van der Waals surface area contributed by atoms with Crippen molar-refractivity contribution in [1.29, 1.82) is 0 Å². The zero-order valence-corrected chi connectivity index (χ0v) is 10.2. The van der Waals surface area contributed by atoms with Crippen LogP contribution in [0.3, 0.4) is 0 Å². The molecule has 1 aliphatic rings. The van der Waals surface area contributed by atoms with Gasteiger partial charge in [-0.1, -0.05) is 11.6 Å². The molecule has 1 aliphatic carbocycles. The van der Waals surface area contributed by atoms with Crippen molar-refractivity contribution in [3.8, 4) is 11.5 Å². The first-order valence-corrected chi connectivity index (χ1v) is 6.08. The number of hydrogen-bond donors (Lipinski definition) is 0. The summed E-state index contributed by atoms with van der Waals surface area (Å²) >= 11 is 0. The molecule has 2 aromatic heterocycles. The van der Waals surface area contributed by atoms with Crippen LogP contribution in [-0.4, -0.2) is 25.5 Å². The van der Waals surface area contributed by atoms with Crippen LogP contribution in [0, 0.1) is 0 Å². The summed E-state index contributed by atoms with van der Waals surface area (Å²) in [6.45, 7) is 0. The molecule has 0 bridgehead atoms. The van der Waals surface area contributed by atoms with Gasteiger partial charge >= 0.3 is 0 Å². The van der Waals surface area contributed by atoms with Gasteiger partial charge in [-0.3, -0.25) is 4.79 Å².